The molecule has 1 unspecified atom stereocenters. The number of fused-ring (bicyclic) bond motifs is 1. The van der Waals surface area contributed by atoms with Gasteiger partial charge in [-0.05, 0) is 24.6 Å². The summed E-state index contributed by atoms with van der Waals surface area (Å²) in [7, 11) is 0. The van der Waals surface area contributed by atoms with Crippen LogP contribution in [0.3, 0.4) is 0 Å². The molecule has 3 heteroatoms. The van der Waals surface area contributed by atoms with E-state index in [4.69, 9.17) is 10.5 Å². The molecular formula is C12H13NO2. The van der Waals surface area contributed by atoms with E-state index in [0.29, 0.717) is 5.57 Å². The maximum absolute atomic E-state index is 10.9. The Hall–Kier alpha value is -1.77. The van der Waals surface area contributed by atoms with Gasteiger partial charge in [-0.15, -0.1) is 0 Å². The molecule has 2 N–H and O–H groups in total. The van der Waals surface area contributed by atoms with Crippen molar-refractivity contribution in [2.45, 2.75) is 19.4 Å². The average molecular weight is 203 g/mol. The van der Waals surface area contributed by atoms with E-state index in [1.165, 1.54) is 5.56 Å². The molecular weight excluding hydrogens is 190 g/mol. The molecule has 0 fully saturated rings. The summed E-state index contributed by atoms with van der Waals surface area (Å²) in [5.41, 5.74) is 6.88. The van der Waals surface area contributed by atoms with Gasteiger partial charge in [-0.2, -0.15) is 0 Å². The third kappa shape index (κ3) is 2.01. The van der Waals surface area contributed by atoms with Crippen molar-refractivity contribution in [3.05, 3.63) is 41.5 Å². The lowest BCUT2D eigenvalue weighted by molar-refractivity contribution is -0.114. The third-order valence-corrected chi connectivity index (χ3v) is 2.50. The van der Waals surface area contributed by atoms with Crippen LogP contribution >= 0.6 is 0 Å². The molecule has 1 aromatic carbocycles. The number of carbonyl (C=O) groups excluding carboxylic acids is 1. The summed E-state index contributed by atoms with van der Waals surface area (Å²) in [4.78, 5) is 10.9. The molecule has 1 amide bonds. The minimum atomic E-state index is -0.394. The predicted octanol–water partition coefficient (Wildman–Crippen LogP) is 1.42. The lowest BCUT2D eigenvalue weighted by atomic mass is 10.1. The van der Waals surface area contributed by atoms with Crippen LogP contribution in [0.15, 0.2) is 35.9 Å². The number of primary amides is 1. The quantitative estimate of drug-likeness (QED) is 0.739. The monoisotopic (exact) mass is 203 g/mol. The van der Waals surface area contributed by atoms with Crippen molar-refractivity contribution in [2.75, 3.05) is 0 Å². The van der Waals surface area contributed by atoms with Crippen molar-refractivity contribution in [3.8, 4) is 5.75 Å². The number of benzene rings is 1. The highest BCUT2D eigenvalue weighted by atomic mass is 16.5. The van der Waals surface area contributed by atoms with Gasteiger partial charge in [-0.1, -0.05) is 18.2 Å². The van der Waals surface area contributed by atoms with Gasteiger partial charge in [-0.25, -0.2) is 0 Å². The fourth-order valence-corrected chi connectivity index (χ4v) is 1.66. The Labute approximate surface area is 88.5 Å². The molecule has 78 valence electrons. The smallest absolute Gasteiger partial charge is 0.244 e. The van der Waals surface area contributed by atoms with Crippen LogP contribution in [0.4, 0.5) is 0 Å². The van der Waals surface area contributed by atoms with Gasteiger partial charge in [0.25, 0.3) is 0 Å². The van der Waals surface area contributed by atoms with Crippen molar-refractivity contribution in [1.82, 2.24) is 0 Å². The summed E-state index contributed by atoms with van der Waals surface area (Å²) >= 11 is 0. The highest BCUT2D eigenvalue weighted by Crippen LogP contribution is 2.28. The summed E-state index contributed by atoms with van der Waals surface area (Å²) < 4.78 is 5.64. The van der Waals surface area contributed by atoms with Crippen molar-refractivity contribution in [3.63, 3.8) is 0 Å². The average Bonchev–Trinajstić information content (AvgIpc) is 2.59. The third-order valence-electron chi connectivity index (χ3n) is 2.50. The van der Waals surface area contributed by atoms with Crippen LogP contribution in [0.25, 0.3) is 0 Å². The van der Waals surface area contributed by atoms with E-state index in [2.05, 4.69) is 0 Å². The Morgan fingerprint density at radius 1 is 1.53 bits per heavy atom. The Morgan fingerprint density at radius 3 is 2.93 bits per heavy atom. The van der Waals surface area contributed by atoms with Crippen LogP contribution in [0.2, 0.25) is 0 Å². The molecule has 1 aliphatic rings. The summed E-state index contributed by atoms with van der Waals surface area (Å²) in [6.45, 7) is 1.70. The molecule has 3 nitrogen and oxygen atoms in total. The van der Waals surface area contributed by atoms with Crippen molar-refractivity contribution < 1.29 is 9.53 Å². The first kappa shape index (κ1) is 9.77. The molecule has 15 heavy (non-hydrogen) atoms. The lowest BCUT2D eigenvalue weighted by Gasteiger charge is -2.05. The molecule has 0 saturated carbocycles. The van der Waals surface area contributed by atoms with E-state index in [0.717, 1.165) is 12.2 Å². The van der Waals surface area contributed by atoms with Crippen LogP contribution in [0, 0.1) is 0 Å². The summed E-state index contributed by atoms with van der Waals surface area (Å²) in [6.07, 6.45) is 2.53. The summed E-state index contributed by atoms with van der Waals surface area (Å²) in [5.74, 6) is 0.505. The second-order valence-electron chi connectivity index (χ2n) is 3.68. The van der Waals surface area contributed by atoms with Crippen LogP contribution in [0.5, 0.6) is 5.75 Å². The molecule has 1 aliphatic heterocycles. The summed E-state index contributed by atoms with van der Waals surface area (Å²) in [6, 6.07) is 7.88. The minimum Gasteiger partial charge on any atom is -0.486 e. The molecule has 0 aromatic heterocycles. The second kappa shape index (κ2) is 3.77. The second-order valence-corrected chi connectivity index (χ2v) is 3.68. The predicted molar refractivity (Wildman–Crippen MR) is 57.5 cm³/mol. The van der Waals surface area contributed by atoms with Crippen molar-refractivity contribution >= 4 is 5.91 Å². The van der Waals surface area contributed by atoms with Crippen LogP contribution in [-0.2, 0) is 11.2 Å². The number of hydrogen-bond donors (Lipinski definition) is 1. The minimum absolute atomic E-state index is 0.0603. The van der Waals surface area contributed by atoms with Gasteiger partial charge in [-0.3, -0.25) is 4.79 Å². The molecule has 0 spiro atoms. The van der Waals surface area contributed by atoms with E-state index in [-0.39, 0.29) is 6.10 Å². The fraction of sp³-hybridized carbons (Fsp3) is 0.250. The Bertz CT molecular complexity index is 398. The highest BCUT2D eigenvalue weighted by molar-refractivity contribution is 5.91. The number of amides is 1. The number of carbonyl (C=O) groups is 1. The first-order valence-corrected chi connectivity index (χ1v) is 4.89. The number of nitrogens with two attached hydrogens (primary N) is 1. The SMILES string of the molecule is CC(=CC1Cc2ccccc2O1)C(N)=O. The number of hydrogen-bond acceptors (Lipinski definition) is 2. The zero-order valence-corrected chi connectivity index (χ0v) is 8.57. The highest BCUT2D eigenvalue weighted by Gasteiger charge is 2.20. The van der Waals surface area contributed by atoms with Gasteiger partial charge < -0.3 is 10.5 Å². The van der Waals surface area contributed by atoms with Crippen molar-refractivity contribution in [1.29, 1.82) is 0 Å². The largest absolute Gasteiger partial charge is 0.486 e. The van der Waals surface area contributed by atoms with E-state index < -0.39 is 5.91 Å². The zero-order valence-electron chi connectivity index (χ0n) is 8.57. The molecule has 0 aliphatic carbocycles. The van der Waals surface area contributed by atoms with Gasteiger partial charge in [0.1, 0.15) is 11.9 Å². The Morgan fingerprint density at radius 2 is 2.27 bits per heavy atom. The fourth-order valence-electron chi connectivity index (χ4n) is 1.66. The van der Waals surface area contributed by atoms with E-state index in [1.54, 1.807) is 13.0 Å². The van der Waals surface area contributed by atoms with Crippen LogP contribution < -0.4 is 10.5 Å². The molecule has 1 heterocycles. The maximum atomic E-state index is 10.9. The topological polar surface area (TPSA) is 52.3 Å². The summed E-state index contributed by atoms with van der Waals surface area (Å²) in [5, 5.41) is 0. The lowest BCUT2D eigenvalue weighted by Crippen LogP contribution is -2.16. The Kier molecular flexibility index (Phi) is 2.46. The van der Waals surface area contributed by atoms with E-state index in [1.807, 2.05) is 24.3 Å². The van der Waals surface area contributed by atoms with Gasteiger partial charge in [0, 0.05) is 12.0 Å². The maximum Gasteiger partial charge on any atom is 0.244 e. The van der Waals surface area contributed by atoms with Gasteiger partial charge in [0.15, 0.2) is 0 Å². The molecule has 2 rings (SSSR count). The van der Waals surface area contributed by atoms with Crippen molar-refractivity contribution in [2.24, 2.45) is 5.73 Å². The van der Waals surface area contributed by atoms with Crippen LogP contribution in [0.1, 0.15) is 12.5 Å². The van der Waals surface area contributed by atoms with Crippen LogP contribution in [-0.4, -0.2) is 12.0 Å². The molecule has 1 atom stereocenters. The van der Waals surface area contributed by atoms with E-state index in [9.17, 15) is 4.79 Å². The van der Waals surface area contributed by atoms with Gasteiger partial charge >= 0.3 is 0 Å². The standard InChI is InChI=1S/C12H13NO2/c1-8(12(13)14)6-10-7-9-4-2-3-5-11(9)15-10/h2-6,10H,7H2,1H3,(H2,13,14). The van der Waals surface area contributed by atoms with Gasteiger partial charge in [0.2, 0.25) is 5.91 Å². The number of ether oxygens (including phenoxy) is 1. The number of para-hydroxylation sites is 1. The first-order chi connectivity index (χ1) is 7.16. The van der Waals surface area contributed by atoms with E-state index >= 15 is 0 Å². The van der Waals surface area contributed by atoms with Gasteiger partial charge in [0.05, 0.1) is 0 Å². The molecule has 0 radical (unpaired) electrons. The zero-order chi connectivity index (χ0) is 10.8. The molecule has 0 bridgehead atoms. The first-order valence-electron chi connectivity index (χ1n) is 4.89. The molecule has 1 aromatic rings. The molecule has 0 saturated heterocycles. The number of rotatable bonds is 2. The Balaban J connectivity index is 2.14. The normalized spacial score (nSPS) is 19.5.